The number of rotatable bonds is 9. The number of nitrogens with zero attached hydrogens (tertiary/aromatic N) is 1. The summed E-state index contributed by atoms with van der Waals surface area (Å²) in [5.41, 5.74) is 4.03. The summed E-state index contributed by atoms with van der Waals surface area (Å²) in [4.78, 5) is 29.1. The van der Waals surface area contributed by atoms with Crippen LogP contribution in [0.5, 0.6) is 0 Å². The van der Waals surface area contributed by atoms with Crippen LogP contribution in [0.25, 0.3) is 0 Å². The number of unbranched alkanes of at least 4 members (excludes halogenated alkanes) is 2. The average molecular weight is 506 g/mol. The Hall–Kier alpha value is -3.63. The van der Waals surface area contributed by atoms with Gasteiger partial charge in [-0.2, -0.15) is 12.6 Å². The lowest BCUT2D eigenvalue weighted by Crippen LogP contribution is -2.37. The number of carbonyl (C=O) groups is 2. The molecule has 186 valence electrons. The predicted molar refractivity (Wildman–Crippen MR) is 152 cm³/mol. The number of thiol groups is 1. The summed E-state index contributed by atoms with van der Waals surface area (Å²) in [6, 6.07) is 36.4. The lowest BCUT2D eigenvalue weighted by molar-refractivity contribution is 0.0632. The van der Waals surface area contributed by atoms with Crippen molar-refractivity contribution in [3.05, 3.63) is 143 Å². The Bertz CT molecular complexity index is 1290. The van der Waals surface area contributed by atoms with Crippen LogP contribution in [0.3, 0.4) is 0 Å². The van der Waals surface area contributed by atoms with Crippen molar-refractivity contribution in [1.29, 1.82) is 0 Å². The lowest BCUT2D eigenvalue weighted by atomic mass is 9.63. The van der Waals surface area contributed by atoms with E-state index in [4.69, 9.17) is 12.6 Å². The van der Waals surface area contributed by atoms with Gasteiger partial charge in [-0.05, 0) is 34.7 Å². The molecule has 0 radical (unpaired) electrons. The van der Waals surface area contributed by atoms with Crippen molar-refractivity contribution < 1.29 is 9.59 Å². The van der Waals surface area contributed by atoms with Gasteiger partial charge in [0.1, 0.15) is 0 Å². The van der Waals surface area contributed by atoms with Crippen molar-refractivity contribution in [2.24, 2.45) is 0 Å². The molecule has 0 fully saturated rings. The molecule has 2 amide bonds. The van der Waals surface area contributed by atoms with Gasteiger partial charge in [0.2, 0.25) is 0 Å². The third-order valence-electron chi connectivity index (χ3n) is 7.33. The Morgan fingerprint density at radius 1 is 0.676 bits per heavy atom. The number of hydrogen-bond donors (Lipinski definition) is 1. The molecule has 37 heavy (non-hydrogen) atoms. The minimum Gasteiger partial charge on any atom is -0.269 e. The highest BCUT2D eigenvalue weighted by molar-refractivity contribution is 7.80. The lowest BCUT2D eigenvalue weighted by Gasteiger charge is -2.37. The second-order valence-electron chi connectivity index (χ2n) is 9.53. The van der Waals surface area contributed by atoms with Gasteiger partial charge in [-0.15, -0.1) is 0 Å². The Balaban J connectivity index is 1.78. The molecule has 1 unspecified atom stereocenters. The maximum Gasteiger partial charge on any atom is 0.262 e. The van der Waals surface area contributed by atoms with Gasteiger partial charge in [0, 0.05) is 0 Å². The van der Waals surface area contributed by atoms with Gasteiger partial charge in [-0.1, -0.05) is 129 Å². The molecule has 1 heterocycles. The Kier molecular flexibility index (Phi) is 7.29. The number of carbonyl (C=O) groups excluding carboxylic acids is 2. The number of imide groups is 1. The molecule has 1 atom stereocenters. The molecule has 0 bridgehead atoms. The van der Waals surface area contributed by atoms with Crippen LogP contribution in [0.1, 0.15) is 75.6 Å². The van der Waals surface area contributed by atoms with Gasteiger partial charge >= 0.3 is 0 Å². The molecule has 0 aliphatic carbocycles. The summed E-state index contributed by atoms with van der Waals surface area (Å²) in [6.07, 6.45) is 3.72. The van der Waals surface area contributed by atoms with Gasteiger partial charge < -0.3 is 0 Å². The SMILES string of the molecule is CCCCCC(S)N1C(=O)c2cccc(C(c3ccccc3)(c3ccccc3)c3ccccc3)c2C1=O. The highest BCUT2D eigenvalue weighted by atomic mass is 32.1. The molecule has 5 rings (SSSR count). The van der Waals surface area contributed by atoms with Crippen LogP contribution < -0.4 is 0 Å². The fourth-order valence-electron chi connectivity index (χ4n) is 5.62. The summed E-state index contributed by atoms with van der Waals surface area (Å²) in [5, 5.41) is -0.452. The second kappa shape index (κ2) is 10.8. The third kappa shape index (κ3) is 4.30. The van der Waals surface area contributed by atoms with Crippen LogP contribution in [0.2, 0.25) is 0 Å². The van der Waals surface area contributed by atoms with Gasteiger partial charge in [-0.25, -0.2) is 0 Å². The van der Waals surface area contributed by atoms with Crippen molar-refractivity contribution in [2.75, 3.05) is 0 Å². The molecule has 4 aromatic carbocycles. The van der Waals surface area contributed by atoms with Gasteiger partial charge in [0.25, 0.3) is 11.8 Å². The molecular weight excluding hydrogens is 474 g/mol. The normalized spacial score (nSPS) is 14.1. The summed E-state index contributed by atoms with van der Waals surface area (Å²) < 4.78 is 0. The molecule has 1 aliphatic rings. The van der Waals surface area contributed by atoms with Crippen LogP contribution in [-0.2, 0) is 5.41 Å². The van der Waals surface area contributed by atoms with Gasteiger partial charge in [-0.3, -0.25) is 14.5 Å². The van der Waals surface area contributed by atoms with E-state index in [-0.39, 0.29) is 11.8 Å². The molecule has 0 N–H and O–H groups in total. The van der Waals surface area contributed by atoms with E-state index < -0.39 is 10.8 Å². The molecule has 1 aliphatic heterocycles. The summed E-state index contributed by atoms with van der Waals surface area (Å²) in [6.45, 7) is 2.14. The van der Waals surface area contributed by atoms with Crippen LogP contribution in [0, 0.1) is 0 Å². The number of fused-ring (bicyclic) bond motifs is 1. The molecule has 0 spiro atoms. The van der Waals surface area contributed by atoms with Gasteiger partial charge in [0.15, 0.2) is 0 Å². The fraction of sp³-hybridized carbons (Fsp3) is 0.212. The van der Waals surface area contributed by atoms with Crippen molar-refractivity contribution in [3.8, 4) is 0 Å². The van der Waals surface area contributed by atoms with E-state index in [0.29, 0.717) is 17.5 Å². The number of hydrogen-bond acceptors (Lipinski definition) is 3. The first-order valence-electron chi connectivity index (χ1n) is 13.0. The van der Waals surface area contributed by atoms with E-state index in [1.807, 2.05) is 66.7 Å². The zero-order valence-electron chi connectivity index (χ0n) is 21.0. The second-order valence-corrected chi connectivity index (χ2v) is 10.1. The zero-order chi connectivity index (χ0) is 25.8. The molecular formula is C33H31NO2S. The number of benzene rings is 4. The van der Waals surface area contributed by atoms with E-state index in [9.17, 15) is 9.59 Å². The summed E-state index contributed by atoms with van der Waals surface area (Å²) in [5.74, 6) is -0.527. The first-order valence-corrected chi connectivity index (χ1v) is 13.5. The minimum absolute atomic E-state index is 0.263. The highest BCUT2D eigenvalue weighted by Crippen LogP contribution is 2.48. The van der Waals surface area contributed by atoms with Crippen LogP contribution >= 0.6 is 12.6 Å². The van der Waals surface area contributed by atoms with Crippen LogP contribution in [0.15, 0.2) is 109 Å². The summed E-state index contributed by atoms with van der Waals surface area (Å²) >= 11 is 4.72. The van der Waals surface area contributed by atoms with Gasteiger partial charge in [0.05, 0.1) is 21.9 Å². The fourth-order valence-corrected chi connectivity index (χ4v) is 6.02. The topological polar surface area (TPSA) is 37.4 Å². The Morgan fingerprint density at radius 3 is 1.68 bits per heavy atom. The monoisotopic (exact) mass is 505 g/mol. The maximum atomic E-state index is 14.1. The van der Waals surface area contributed by atoms with Crippen molar-refractivity contribution in [2.45, 2.75) is 43.4 Å². The quantitative estimate of drug-likeness (QED) is 0.111. The minimum atomic E-state index is -0.796. The molecule has 3 nitrogen and oxygen atoms in total. The molecule has 0 aromatic heterocycles. The van der Waals surface area contributed by atoms with E-state index in [2.05, 4.69) is 43.3 Å². The molecule has 0 saturated heterocycles. The first-order chi connectivity index (χ1) is 18.1. The molecule has 4 aromatic rings. The van der Waals surface area contributed by atoms with Crippen molar-refractivity contribution >= 4 is 24.4 Å². The Labute approximate surface area is 224 Å². The maximum absolute atomic E-state index is 14.1. The third-order valence-corrected chi connectivity index (χ3v) is 7.82. The highest BCUT2D eigenvalue weighted by Gasteiger charge is 2.47. The van der Waals surface area contributed by atoms with Crippen molar-refractivity contribution in [1.82, 2.24) is 4.90 Å². The molecule has 0 saturated carbocycles. The van der Waals surface area contributed by atoms with E-state index >= 15 is 0 Å². The van der Waals surface area contributed by atoms with E-state index in [1.165, 1.54) is 4.90 Å². The Morgan fingerprint density at radius 2 is 1.19 bits per heavy atom. The first kappa shape index (κ1) is 25.0. The van der Waals surface area contributed by atoms with E-state index in [0.717, 1.165) is 41.5 Å². The average Bonchev–Trinajstić information content (AvgIpc) is 3.21. The molecule has 4 heteroatoms. The van der Waals surface area contributed by atoms with Crippen molar-refractivity contribution in [3.63, 3.8) is 0 Å². The standard InChI is InChI=1S/C33H31NO2S/c1-2-3-7-23-29(37)34-31(35)27-21-14-22-28(30(27)32(34)36)33(24-15-8-4-9-16-24,25-17-10-5-11-18-25)26-19-12-6-13-20-26/h4-6,8-22,29,37H,2-3,7,23H2,1H3. The number of amides is 2. The zero-order valence-corrected chi connectivity index (χ0v) is 21.9. The summed E-state index contributed by atoms with van der Waals surface area (Å²) in [7, 11) is 0. The largest absolute Gasteiger partial charge is 0.269 e. The van der Waals surface area contributed by atoms with Crippen LogP contribution in [-0.4, -0.2) is 22.1 Å². The van der Waals surface area contributed by atoms with Crippen LogP contribution in [0.4, 0.5) is 0 Å². The van der Waals surface area contributed by atoms with E-state index in [1.54, 1.807) is 6.07 Å². The smallest absolute Gasteiger partial charge is 0.262 e. The predicted octanol–water partition coefficient (Wildman–Crippen LogP) is 7.50.